The van der Waals surface area contributed by atoms with E-state index in [9.17, 15) is 18.8 Å². The number of benzene rings is 1. The summed E-state index contributed by atoms with van der Waals surface area (Å²) in [5, 5.41) is 5.45. The van der Waals surface area contributed by atoms with Crippen molar-refractivity contribution in [1.29, 1.82) is 0 Å². The monoisotopic (exact) mass is 378 g/mol. The molecule has 0 bridgehead atoms. The van der Waals surface area contributed by atoms with Crippen LogP contribution < -0.4 is 16.4 Å². The maximum absolute atomic E-state index is 12.9. The van der Waals surface area contributed by atoms with Gasteiger partial charge in [0.15, 0.2) is 0 Å². The summed E-state index contributed by atoms with van der Waals surface area (Å²) in [5.41, 5.74) is 5.59. The molecule has 8 heteroatoms. The largest absolute Gasteiger partial charge is 0.352 e. The number of primary amides is 1. The molecule has 1 aromatic carbocycles. The first-order chi connectivity index (χ1) is 12.9. The predicted octanol–water partition coefficient (Wildman–Crippen LogP) is 1.77. The third kappa shape index (κ3) is 6.23. The number of nitrogens with one attached hydrogen (secondary N) is 2. The van der Waals surface area contributed by atoms with E-state index in [1.54, 1.807) is 4.90 Å². The Hall–Kier alpha value is -2.64. The predicted molar refractivity (Wildman–Crippen MR) is 99.5 cm³/mol. The summed E-state index contributed by atoms with van der Waals surface area (Å²) in [5.74, 6) is -0.776. The fourth-order valence-corrected chi connectivity index (χ4v) is 3.17. The highest BCUT2D eigenvalue weighted by Gasteiger charge is 2.29. The molecule has 1 fully saturated rings. The maximum Gasteiger partial charge on any atom is 0.312 e. The number of carbonyl (C=O) groups excluding carboxylic acids is 3. The highest BCUT2D eigenvalue weighted by molar-refractivity contribution is 5.94. The number of hydrogen-bond acceptors (Lipinski definition) is 3. The molecular formula is C19H27FN4O3. The number of hydrogen-bond donors (Lipinski definition) is 3. The van der Waals surface area contributed by atoms with Crippen molar-refractivity contribution in [2.24, 2.45) is 5.73 Å². The minimum atomic E-state index is -0.703. The zero-order chi connectivity index (χ0) is 19.8. The Balaban J connectivity index is 1.85. The second-order valence-corrected chi connectivity index (χ2v) is 6.78. The molecule has 1 aliphatic rings. The third-order valence-corrected chi connectivity index (χ3v) is 4.71. The van der Waals surface area contributed by atoms with Crippen LogP contribution in [-0.2, 0) is 4.79 Å². The van der Waals surface area contributed by atoms with Crippen molar-refractivity contribution in [2.45, 2.75) is 51.1 Å². The van der Waals surface area contributed by atoms with Crippen LogP contribution in [0.2, 0.25) is 0 Å². The summed E-state index contributed by atoms with van der Waals surface area (Å²) >= 11 is 0. The van der Waals surface area contributed by atoms with Crippen molar-refractivity contribution in [3.05, 3.63) is 35.6 Å². The molecule has 1 heterocycles. The second-order valence-electron chi connectivity index (χ2n) is 6.78. The lowest BCUT2D eigenvalue weighted by Gasteiger charge is -2.34. The normalized spacial score (nSPS) is 15.9. The van der Waals surface area contributed by atoms with Crippen LogP contribution in [0.1, 0.15) is 49.4 Å². The zero-order valence-electron chi connectivity index (χ0n) is 15.5. The summed E-state index contributed by atoms with van der Waals surface area (Å²) in [7, 11) is 0. The standard InChI is InChI=1S/C19H27FN4O3/c1-2-3-4-16(23-19(21)27)18(26)24-11-9-15(10-12-24)22-17(25)13-5-7-14(20)8-6-13/h5-8,15-16H,2-4,9-12H2,1H3,(H,22,25)(H3,21,23,27)/t16-/m0/s1. The summed E-state index contributed by atoms with van der Waals surface area (Å²) in [6.07, 6.45) is 3.54. The van der Waals surface area contributed by atoms with Gasteiger partial charge in [-0.05, 0) is 43.5 Å². The SMILES string of the molecule is CCCC[C@H](NC(N)=O)C(=O)N1CCC(NC(=O)c2ccc(F)cc2)CC1. The van der Waals surface area contributed by atoms with Crippen molar-refractivity contribution in [3.63, 3.8) is 0 Å². The van der Waals surface area contributed by atoms with Gasteiger partial charge in [-0.25, -0.2) is 9.18 Å². The molecule has 1 saturated heterocycles. The molecule has 0 unspecified atom stereocenters. The zero-order valence-corrected chi connectivity index (χ0v) is 15.5. The van der Waals surface area contributed by atoms with Gasteiger partial charge in [0.25, 0.3) is 5.91 Å². The van der Waals surface area contributed by atoms with Gasteiger partial charge < -0.3 is 21.3 Å². The number of amides is 4. The van der Waals surface area contributed by atoms with E-state index in [-0.39, 0.29) is 23.7 Å². The molecule has 0 radical (unpaired) electrons. The van der Waals surface area contributed by atoms with E-state index in [1.165, 1.54) is 24.3 Å². The van der Waals surface area contributed by atoms with Crippen molar-refractivity contribution >= 4 is 17.8 Å². The molecule has 4 N–H and O–H groups in total. The number of unbranched alkanes of at least 4 members (excludes halogenated alkanes) is 1. The third-order valence-electron chi connectivity index (χ3n) is 4.71. The number of nitrogens with two attached hydrogens (primary N) is 1. The molecule has 148 valence electrons. The van der Waals surface area contributed by atoms with Gasteiger partial charge in [0, 0.05) is 24.7 Å². The molecule has 2 rings (SSSR count). The van der Waals surface area contributed by atoms with Crippen molar-refractivity contribution in [2.75, 3.05) is 13.1 Å². The van der Waals surface area contributed by atoms with E-state index in [2.05, 4.69) is 10.6 Å². The van der Waals surface area contributed by atoms with Crippen LogP contribution in [0.4, 0.5) is 9.18 Å². The van der Waals surface area contributed by atoms with Gasteiger partial charge in [-0.1, -0.05) is 19.8 Å². The van der Waals surface area contributed by atoms with Crippen molar-refractivity contribution in [1.82, 2.24) is 15.5 Å². The van der Waals surface area contributed by atoms with E-state index in [4.69, 9.17) is 5.73 Å². The first-order valence-corrected chi connectivity index (χ1v) is 9.32. The summed E-state index contributed by atoms with van der Waals surface area (Å²) in [6, 6.07) is 4.02. The number of halogens is 1. The maximum atomic E-state index is 12.9. The number of nitrogens with zero attached hydrogens (tertiary/aromatic N) is 1. The molecule has 4 amide bonds. The van der Waals surface area contributed by atoms with Gasteiger partial charge in [-0.2, -0.15) is 0 Å². The van der Waals surface area contributed by atoms with Gasteiger partial charge in [0.2, 0.25) is 5.91 Å². The number of likely N-dealkylation sites (tertiary alicyclic amines) is 1. The molecule has 0 saturated carbocycles. The Morgan fingerprint density at radius 2 is 1.85 bits per heavy atom. The summed E-state index contributed by atoms with van der Waals surface area (Å²) in [6.45, 7) is 3.01. The number of rotatable bonds is 7. The number of carbonyl (C=O) groups is 3. The van der Waals surface area contributed by atoms with Gasteiger partial charge in [0.05, 0.1) is 0 Å². The van der Waals surface area contributed by atoms with E-state index in [0.29, 0.717) is 37.9 Å². The van der Waals surface area contributed by atoms with E-state index < -0.39 is 12.1 Å². The quantitative estimate of drug-likeness (QED) is 0.673. The molecule has 0 aliphatic carbocycles. The number of urea groups is 1. The molecule has 27 heavy (non-hydrogen) atoms. The van der Waals surface area contributed by atoms with Gasteiger partial charge >= 0.3 is 6.03 Å². The van der Waals surface area contributed by atoms with Gasteiger partial charge in [0.1, 0.15) is 11.9 Å². The Bertz CT molecular complexity index is 657. The molecule has 0 spiro atoms. The highest BCUT2D eigenvalue weighted by Crippen LogP contribution is 2.14. The Morgan fingerprint density at radius 3 is 2.41 bits per heavy atom. The average molecular weight is 378 g/mol. The fourth-order valence-electron chi connectivity index (χ4n) is 3.17. The van der Waals surface area contributed by atoms with E-state index in [0.717, 1.165) is 12.8 Å². The van der Waals surface area contributed by atoms with E-state index in [1.807, 2.05) is 6.92 Å². The molecule has 1 atom stereocenters. The van der Waals surface area contributed by atoms with Crippen LogP contribution in [0.3, 0.4) is 0 Å². The lowest BCUT2D eigenvalue weighted by molar-refractivity contribution is -0.134. The average Bonchev–Trinajstić information content (AvgIpc) is 2.65. The van der Waals surface area contributed by atoms with E-state index >= 15 is 0 Å². The van der Waals surface area contributed by atoms with Crippen LogP contribution >= 0.6 is 0 Å². The van der Waals surface area contributed by atoms with Crippen molar-refractivity contribution in [3.8, 4) is 0 Å². The second kappa shape index (κ2) is 9.89. The molecular weight excluding hydrogens is 351 g/mol. The smallest absolute Gasteiger partial charge is 0.312 e. The fraction of sp³-hybridized carbons (Fsp3) is 0.526. The number of piperidine rings is 1. The van der Waals surface area contributed by atoms with Crippen LogP contribution in [0.25, 0.3) is 0 Å². The van der Waals surface area contributed by atoms with Crippen LogP contribution in [0.15, 0.2) is 24.3 Å². The minimum absolute atomic E-state index is 0.0511. The first kappa shape index (κ1) is 20.7. The molecule has 1 aliphatic heterocycles. The topological polar surface area (TPSA) is 105 Å². The van der Waals surface area contributed by atoms with Gasteiger partial charge in [-0.3, -0.25) is 9.59 Å². The van der Waals surface area contributed by atoms with Gasteiger partial charge in [-0.15, -0.1) is 0 Å². The Morgan fingerprint density at radius 1 is 1.22 bits per heavy atom. The summed E-state index contributed by atoms with van der Waals surface area (Å²) in [4.78, 5) is 37.7. The van der Waals surface area contributed by atoms with Crippen LogP contribution in [0.5, 0.6) is 0 Å². The van der Waals surface area contributed by atoms with Crippen LogP contribution in [0, 0.1) is 5.82 Å². The minimum Gasteiger partial charge on any atom is -0.352 e. The highest BCUT2D eigenvalue weighted by atomic mass is 19.1. The molecule has 1 aromatic rings. The molecule has 0 aromatic heterocycles. The lowest BCUT2D eigenvalue weighted by Crippen LogP contribution is -2.53. The lowest BCUT2D eigenvalue weighted by atomic mass is 10.0. The Labute approximate surface area is 158 Å². The van der Waals surface area contributed by atoms with Crippen molar-refractivity contribution < 1.29 is 18.8 Å². The first-order valence-electron chi connectivity index (χ1n) is 9.32. The summed E-state index contributed by atoms with van der Waals surface area (Å²) < 4.78 is 12.9. The Kier molecular flexibility index (Phi) is 7.57. The molecule has 7 nitrogen and oxygen atoms in total. The van der Waals surface area contributed by atoms with Crippen LogP contribution in [-0.4, -0.2) is 47.9 Å².